The Kier molecular flexibility index (Phi) is 10.2. The van der Waals surface area contributed by atoms with E-state index >= 15 is 0 Å². The van der Waals surface area contributed by atoms with E-state index in [9.17, 15) is 40.1 Å². The minimum Gasteiger partial charge on any atom is -0.744 e. The first-order valence-electron chi connectivity index (χ1n) is 12.3. The van der Waals surface area contributed by atoms with Gasteiger partial charge in [0.05, 0.1) is 5.56 Å². The molecular formula is C29H22F4NNaO6S. The van der Waals surface area contributed by atoms with Crippen LogP contribution in [0.3, 0.4) is 0 Å². The molecule has 0 saturated heterocycles. The normalized spacial score (nSPS) is 11.6. The van der Waals surface area contributed by atoms with E-state index in [1.165, 1.54) is 24.3 Å². The molecule has 1 aromatic heterocycles. The minimum atomic E-state index is -5.91. The quantitative estimate of drug-likeness (QED) is 0.0754. The number of benzene rings is 3. The molecule has 0 spiro atoms. The van der Waals surface area contributed by atoms with E-state index < -0.39 is 55.3 Å². The number of halogens is 4. The van der Waals surface area contributed by atoms with Gasteiger partial charge in [-0.3, -0.25) is 4.79 Å². The first-order valence-corrected chi connectivity index (χ1v) is 13.7. The molecule has 0 bridgehead atoms. The zero-order valence-electron chi connectivity index (χ0n) is 22.9. The molecule has 0 saturated carbocycles. The first kappa shape index (κ1) is 33.2. The fourth-order valence-corrected chi connectivity index (χ4v) is 5.05. The van der Waals surface area contributed by atoms with Crippen LogP contribution in [0.2, 0.25) is 0 Å². The Morgan fingerprint density at radius 3 is 2.02 bits per heavy atom. The number of hydrogen-bond donors (Lipinski definition) is 0. The smallest absolute Gasteiger partial charge is 0.744 e. The second-order valence-corrected chi connectivity index (χ2v) is 10.3. The predicted octanol–water partition coefficient (Wildman–Crippen LogP) is 2.81. The number of anilines is 1. The zero-order valence-corrected chi connectivity index (χ0v) is 25.7. The van der Waals surface area contributed by atoms with Gasteiger partial charge in [-0.05, 0) is 50.1 Å². The Morgan fingerprint density at radius 2 is 1.50 bits per heavy atom. The summed E-state index contributed by atoms with van der Waals surface area (Å²) in [6.07, 6.45) is 3.03. The molecule has 0 unspecified atom stereocenters. The fourth-order valence-electron chi connectivity index (χ4n) is 4.44. The molecular weight excluding hydrogens is 589 g/mol. The summed E-state index contributed by atoms with van der Waals surface area (Å²) in [5.74, 6) is -11.1. The molecule has 0 radical (unpaired) electrons. The van der Waals surface area contributed by atoms with Crippen LogP contribution in [0.5, 0.6) is 0 Å². The third kappa shape index (κ3) is 6.23. The van der Waals surface area contributed by atoms with Crippen molar-refractivity contribution in [1.29, 1.82) is 0 Å². The van der Waals surface area contributed by atoms with E-state index in [1.54, 1.807) is 13.0 Å². The van der Waals surface area contributed by atoms with E-state index in [0.29, 0.717) is 16.7 Å². The van der Waals surface area contributed by atoms with Gasteiger partial charge in [0.25, 0.3) is 0 Å². The number of ketones is 1. The molecule has 0 amide bonds. The molecule has 0 fully saturated rings. The minimum absolute atomic E-state index is 0. The molecule has 4 aromatic rings. The summed E-state index contributed by atoms with van der Waals surface area (Å²) in [6, 6.07) is 10.5. The van der Waals surface area contributed by atoms with Crippen LogP contribution >= 0.6 is 0 Å². The molecule has 0 N–H and O–H groups in total. The van der Waals surface area contributed by atoms with Crippen LogP contribution in [-0.4, -0.2) is 31.8 Å². The van der Waals surface area contributed by atoms with Gasteiger partial charge < -0.3 is 13.9 Å². The number of nitrogens with zero attached hydrogens (tertiary/aromatic N) is 1. The maximum absolute atomic E-state index is 14.4. The average molecular weight is 612 g/mol. The number of fused-ring (bicyclic) bond motifs is 1. The summed E-state index contributed by atoms with van der Waals surface area (Å²) in [7, 11) is -5.91. The molecule has 0 aliphatic rings. The van der Waals surface area contributed by atoms with Gasteiger partial charge >= 0.3 is 35.2 Å². The van der Waals surface area contributed by atoms with E-state index in [1.807, 2.05) is 26.0 Å². The molecule has 13 heteroatoms. The largest absolute Gasteiger partial charge is 1.00 e. The summed E-state index contributed by atoms with van der Waals surface area (Å²) < 4.78 is 95.5. The Balaban J connectivity index is 0.00000484. The van der Waals surface area contributed by atoms with Crippen LogP contribution in [0, 0.1) is 30.2 Å². The predicted molar refractivity (Wildman–Crippen MR) is 144 cm³/mol. The topological polar surface area (TPSA) is 108 Å². The standard InChI is InChI=1S/C29H23F4NO6S.Na/c1-4-34(5-2)18-11-13-19-15(3)20(29(36)40-21(19)14-18)12-8-16-6-9-17(10-7-16)27(35)22-23(30)25(32)28(41(37,38)39)26(33)24(22)31;/h6-14H,4-5H2,1-3H3,(H,37,38,39);/q;+1/p-1/b12-8+;. The van der Waals surface area contributed by atoms with Crippen molar-refractivity contribution in [2.24, 2.45) is 0 Å². The van der Waals surface area contributed by atoms with Crippen LogP contribution in [0.15, 0.2) is 56.6 Å². The van der Waals surface area contributed by atoms with Crippen molar-refractivity contribution in [3.8, 4) is 0 Å². The Bertz CT molecular complexity index is 1860. The van der Waals surface area contributed by atoms with Gasteiger partial charge in [-0.25, -0.2) is 30.8 Å². The molecule has 0 aliphatic carbocycles. The van der Waals surface area contributed by atoms with E-state index in [0.717, 1.165) is 36.3 Å². The van der Waals surface area contributed by atoms with Crippen LogP contribution in [0.1, 0.15) is 46.5 Å². The van der Waals surface area contributed by atoms with Crippen molar-refractivity contribution in [1.82, 2.24) is 0 Å². The second kappa shape index (κ2) is 12.9. The van der Waals surface area contributed by atoms with Crippen molar-refractivity contribution in [3.63, 3.8) is 0 Å². The molecule has 1 heterocycles. The molecule has 0 atom stereocenters. The van der Waals surface area contributed by atoms with E-state index in [-0.39, 0.29) is 40.7 Å². The Labute approximate surface area is 260 Å². The van der Waals surface area contributed by atoms with E-state index in [2.05, 4.69) is 4.90 Å². The number of rotatable bonds is 8. The summed E-state index contributed by atoms with van der Waals surface area (Å²) >= 11 is 0. The fraction of sp³-hybridized carbons (Fsp3) is 0.172. The summed E-state index contributed by atoms with van der Waals surface area (Å²) in [5, 5.41) is 0.736. The molecule has 3 aromatic carbocycles. The van der Waals surface area contributed by atoms with Gasteiger partial charge in [-0.1, -0.05) is 30.3 Å². The van der Waals surface area contributed by atoms with Crippen LogP contribution in [0.25, 0.3) is 23.1 Å². The Hall–Kier alpha value is -3.29. The van der Waals surface area contributed by atoms with Gasteiger partial charge in [0.1, 0.15) is 26.2 Å². The SMILES string of the molecule is CCN(CC)c1ccc2c(C)c(/C=C/c3ccc(C(=O)c4c(F)c(F)c(S(=O)(=O)[O-])c(F)c4F)cc3)c(=O)oc2c1.[Na+]. The van der Waals surface area contributed by atoms with Gasteiger partial charge in [0.2, 0.25) is 0 Å². The number of hydrogen-bond acceptors (Lipinski definition) is 7. The number of carbonyl (C=O) groups is 1. The average Bonchev–Trinajstić information content (AvgIpc) is 2.92. The maximum atomic E-state index is 14.4. The van der Waals surface area contributed by atoms with Crippen LogP contribution in [-0.2, 0) is 10.1 Å². The van der Waals surface area contributed by atoms with Crippen molar-refractivity contribution in [3.05, 3.63) is 104 Å². The summed E-state index contributed by atoms with van der Waals surface area (Å²) in [4.78, 5) is 25.1. The number of aryl methyl sites for hydroxylation is 1. The van der Waals surface area contributed by atoms with Crippen LogP contribution < -0.4 is 40.1 Å². The monoisotopic (exact) mass is 611 g/mol. The zero-order chi connectivity index (χ0) is 30.2. The van der Waals surface area contributed by atoms with Crippen molar-refractivity contribution >= 4 is 44.7 Å². The molecule has 4 rings (SSSR count). The second-order valence-electron chi connectivity index (χ2n) is 8.98. The maximum Gasteiger partial charge on any atom is 1.00 e. The molecule has 214 valence electrons. The van der Waals surface area contributed by atoms with Gasteiger partial charge in [0.15, 0.2) is 29.1 Å². The summed E-state index contributed by atoms with van der Waals surface area (Å²) in [5.41, 5.74) is 0.0910. The number of carbonyl (C=O) groups excluding carboxylic acids is 1. The summed E-state index contributed by atoms with van der Waals surface area (Å²) in [6.45, 7) is 7.37. The van der Waals surface area contributed by atoms with Gasteiger partial charge in [-0.15, -0.1) is 0 Å². The molecule has 0 aliphatic heterocycles. The molecule has 7 nitrogen and oxygen atoms in total. The third-order valence-electron chi connectivity index (χ3n) is 6.64. The van der Waals surface area contributed by atoms with Gasteiger partial charge in [-0.2, -0.15) is 0 Å². The molecule has 42 heavy (non-hydrogen) atoms. The van der Waals surface area contributed by atoms with E-state index in [4.69, 9.17) is 4.42 Å². The first-order chi connectivity index (χ1) is 19.3. The van der Waals surface area contributed by atoms with Gasteiger partial charge in [0, 0.05) is 35.8 Å². The Morgan fingerprint density at radius 1 is 0.929 bits per heavy atom. The third-order valence-corrected chi connectivity index (χ3v) is 7.50. The van der Waals surface area contributed by atoms with Crippen LogP contribution in [0.4, 0.5) is 23.2 Å². The van der Waals surface area contributed by atoms with Crippen molar-refractivity contribution in [2.45, 2.75) is 25.7 Å². The van der Waals surface area contributed by atoms with Crippen molar-refractivity contribution in [2.75, 3.05) is 18.0 Å². The van der Waals surface area contributed by atoms with Crippen molar-refractivity contribution < 1.29 is 69.3 Å².